The first kappa shape index (κ1) is 14.6. The van der Waals surface area contributed by atoms with Crippen molar-refractivity contribution in [3.63, 3.8) is 0 Å². The molecule has 8 heteroatoms. The van der Waals surface area contributed by atoms with Gasteiger partial charge < -0.3 is 15.4 Å². The second-order valence-corrected chi connectivity index (χ2v) is 4.91. The smallest absolute Gasteiger partial charge is 0.297 e. The molecule has 1 saturated heterocycles. The van der Waals surface area contributed by atoms with E-state index in [2.05, 4.69) is 9.97 Å². The average molecular weight is 308 g/mol. The Kier molecular flexibility index (Phi) is 3.84. The third kappa shape index (κ3) is 2.57. The van der Waals surface area contributed by atoms with Crippen LogP contribution in [0.5, 0.6) is 0 Å². The molecule has 0 spiro atoms. The molecule has 1 amide bonds. The largest absolute Gasteiger partial charge is 0.377 e. The van der Waals surface area contributed by atoms with Gasteiger partial charge in [-0.25, -0.2) is 18.7 Å². The monoisotopic (exact) mass is 308 g/mol. The van der Waals surface area contributed by atoms with Crippen LogP contribution in [-0.2, 0) is 9.53 Å². The van der Waals surface area contributed by atoms with E-state index >= 15 is 0 Å². The van der Waals surface area contributed by atoms with Crippen LogP contribution in [0.15, 0.2) is 24.3 Å². The minimum absolute atomic E-state index is 0.109. The maximum absolute atomic E-state index is 13.0. The third-order valence-corrected chi connectivity index (χ3v) is 3.52. The molecule has 1 aliphatic heterocycles. The fourth-order valence-corrected chi connectivity index (χ4v) is 2.49. The molecule has 0 aliphatic carbocycles. The highest BCUT2D eigenvalue weighted by Gasteiger charge is 2.31. The lowest BCUT2D eigenvalue weighted by atomic mass is 10.1. The molecule has 1 aromatic heterocycles. The van der Waals surface area contributed by atoms with Crippen molar-refractivity contribution in [1.82, 2.24) is 9.97 Å². The summed E-state index contributed by atoms with van der Waals surface area (Å²) in [5, 5.41) is 0.597. The summed E-state index contributed by atoms with van der Waals surface area (Å²) in [6.07, 6.45) is -2.79. The molecule has 2 N–H and O–H groups in total. The van der Waals surface area contributed by atoms with Crippen LogP contribution in [0.25, 0.3) is 10.9 Å². The predicted octanol–water partition coefficient (Wildman–Crippen LogP) is 1.26. The highest BCUT2D eigenvalue weighted by molar-refractivity contribution is 5.92. The summed E-state index contributed by atoms with van der Waals surface area (Å²) < 4.78 is 31.3. The lowest BCUT2D eigenvalue weighted by molar-refractivity contribution is -0.121. The molecule has 1 aliphatic rings. The van der Waals surface area contributed by atoms with Crippen molar-refractivity contribution in [1.29, 1.82) is 0 Å². The Morgan fingerprint density at radius 3 is 2.86 bits per heavy atom. The first-order chi connectivity index (χ1) is 10.6. The van der Waals surface area contributed by atoms with Crippen LogP contribution in [0.4, 0.5) is 14.6 Å². The van der Waals surface area contributed by atoms with Gasteiger partial charge >= 0.3 is 0 Å². The van der Waals surface area contributed by atoms with E-state index in [1.165, 1.54) is 0 Å². The van der Waals surface area contributed by atoms with E-state index < -0.39 is 24.2 Å². The fourth-order valence-electron chi connectivity index (χ4n) is 2.49. The van der Waals surface area contributed by atoms with Crippen molar-refractivity contribution in [2.24, 2.45) is 5.73 Å². The van der Waals surface area contributed by atoms with E-state index in [-0.39, 0.29) is 12.4 Å². The van der Waals surface area contributed by atoms with Gasteiger partial charge in [-0.05, 0) is 12.1 Å². The van der Waals surface area contributed by atoms with Crippen molar-refractivity contribution in [3.05, 3.63) is 30.1 Å². The zero-order valence-corrected chi connectivity index (χ0v) is 11.6. The van der Waals surface area contributed by atoms with Crippen LogP contribution < -0.4 is 10.6 Å². The van der Waals surface area contributed by atoms with Gasteiger partial charge in [0.15, 0.2) is 5.82 Å². The second kappa shape index (κ2) is 5.80. The molecule has 2 heterocycles. The number of carbonyl (C=O) groups is 1. The number of carbonyl (C=O) groups excluding carboxylic acids is 1. The Balaban J connectivity index is 2.17. The van der Waals surface area contributed by atoms with Crippen LogP contribution in [-0.4, -0.2) is 41.7 Å². The molecule has 22 heavy (non-hydrogen) atoms. The summed E-state index contributed by atoms with van der Waals surface area (Å²) in [5.41, 5.74) is 5.79. The number of nitrogens with zero attached hydrogens (tertiary/aromatic N) is 3. The third-order valence-electron chi connectivity index (χ3n) is 3.52. The van der Waals surface area contributed by atoms with Crippen molar-refractivity contribution < 1.29 is 18.3 Å². The fraction of sp³-hybridized carbons (Fsp3) is 0.357. The number of rotatable bonds is 3. The maximum atomic E-state index is 13.0. The summed E-state index contributed by atoms with van der Waals surface area (Å²) in [6.45, 7) is 0.821. The lowest BCUT2D eigenvalue weighted by Gasteiger charge is -2.35. The summed E-state index contributed by atoms with van der Waals surface area (Å²) in [7, 11) is 0. The second-order valence-electron chi connectivity index (χ2n) is 4.91. The number of halogens is 2. The van der Waals surface area contributed by atoms with Crippen LogP contribution in [0.1, 0.15) is 12.2 Å². The van der Waals surface area contributed by atoms with Gasteiger partial charge in [-0.1, -0.05) is 12.1 Å². The number of hydrogen-bond donors (Lipinski definition) is 1. The maximum Gasteiger partial charge on any atom is 0.297 e. The number of fused-ring (bicyclic) bond motifs is 1. The van der Waals surface area contributed by atoms with Gasteiger partial charge in [-0.15, -0.1) is 0 Å². The Morgan fingerprint density at radius 1 is 1.36 bits per heavy atom. The molecule has 1 unspecified atom stereocenters. The lowest BCUT2D eigenvalue weighted by Crippen LogP contribution is -2.53. The van der Waals surface area contributed by atoms with Crippen molar-refractivity contribution in [2.75, 3.05) is 24.7 Å². The molecule has 116 valence electrons. The van der Waals surface area contributed by atoms with Crippen molar-refractivity contribution >= 4 is 22.6 Å². The predicted molar refractivity (Wildman–Crippen MR) is 75.6 cm³/mol. The van der Waals surface area contributed by atoms with Gasteiger partial charge in [0.25, 0.3) is 6.43 Å². The highest BCUT2D eigenvalue weighted by Crippen LogP contribution is 2.29. The molecule has 1 fully saturated rings. The van der Waals surface area contributed by atoms with E-state index in [9.17, 15) is 13.6 Å². The molecule has 2 aromatic rings. The standard InChI is InChI=1S/C14H14F2N4O2/c15-11(16)13-18-9-4-2-1-3-8(9)14(19-13)20-5-6-22-7-10(20)12(17)21/h1-4,10-11H,5-7H2,(H2,17,21). The molecular formula is C14H14F2N4O2. The number of primary amides is 1. The number of amides is 1. The summed E-state index contributed by atoms with van der Waals surface area (Å²) in [4.78, 5) is 21.0. The van der Waals surface area contributed by atoms with E-state index in [0.29, 0.717) is 24.1 Å². The Hall–Kier alpha value is -2.35. The Labute approximate surface area is 124 Å². The zero-order valence-electron chi connectivity index (χ0n) is 11.6. The molecule has 1 atom stereocenters. The number of nitrogens with two attached hydrogens (primary N) is 1. The number of aromatic nitrogens is 2. The van der Waals surface area contributed by atoms with E-state index in [4.69, 9.17) is 10.5 Å². The number of para-hydroxylation sites is 1. The average Bonchev–Trinajstić information content (AvgIpc) is 2.53. The van der Waals surface area contributed by atoms with Gasteiger partial charge in [0, 0.05) is 11.9 Å². The molecule has 6 nitrogen and oxygen atoms in total. The first-order valence-corrected chi connectivity index (χ1v) is 6.76. The van der Waals surface area contributed by atoms with Crippen LogP contribution >= 0.6 is 0 Å². The van der Waals surface area contributed by atoms with Gasteiger partial charge in [0.2, 0.25) is 5.91 Å². The minimum Gasteiger partial charge on any atom is -0.377 e. The molecule has 3 rings (SSSR count). The Morgan fingerprint density at radius 2 is 2.14 bits per heavy atom. The van der Waals surface area contributed by atoms with Gasteiger partial charge in [-0.2, -0.15) is 0 Å². The minimum atomic E-state index is -2.79. The quantitative estimate of drug-likeness (QED) is 0.923. The number of alkyl halides is 2. The summed E-state index contributed by atoms with van der Waals surface area (Å²) in [6, 6.07) is 6.09. The summed E-state index contributed by atoms with van der Waals surface area (Å²) >= 11 is 0. The van der Waals surface area contributed by atoms with Gasteiger partial charge in [-0.3, -0.25) is 4.79 Å². The van der Waals surface area contributed by atoms with Crippen molar-refractivity contribution in [3.8, 4) is 0 Å². The van der Waals surface area contributed by atoms with E-state index in [1.807, 2.05) is 0 Å². The highest BCUT2D eigenvalue weighted by atomic mass is 19.3. The number of ether oxygens (including phenoxy) is 1. The zero-order chi connectivity index (χ0) is 15.7. The first-order valence-electron chi connectivity index (χ1n) is 6.76. The Bertz CT molecular complexity index is 710. The number of morpholine rings is 1. The molecule has 0 radical (unpaired) electrons. The van der Waals surface area contributed by atoms with Crippen LogP contribution in [0, 0.1) is 0 Å². The number of benzene rings is 1. The van der Waals surface area contributed by atoms with Gasteiger partial charge in [0.1, 0.15) is 11.9 Å². The van der Waals surface area contributed by atoms with Crippen LogP contribution in [0.3, 0.4) is 0 Å². The number of hydrogen-bond acceptors (Lipinski definition) is 5. The van der Waals surface area contributed by atoms with E-state index in [0.717, 1.165) is 0 Å². The molecular weight excluding hydrogens is 294 g/mol. The van der Waals surface area contributed by atoms with E-state index in [1.54, 1.807) is 29.2 Å². The molecule has 0 bridgehead atoms. The molecule has 1 aromatic carbocycles. The van der Waals surface area contributed by atoms with Crippen molar-refractivity contribution in [2.45, 2.75) is 12.5 Å². The topological polar surface area (TPSA) is 81.3 Å². The van der Waals surface area contributed by atoms with Gasteiger partial charge in [0.05, 0.1) is 18.7 Å². The molecule has 0 saturated carbocycles. The number of anilines is 1. The normalized spacial score (nSPS) is 18.9. The SMILES string of the molecule is NC(=O)C1COCCN1c1nc(C(F)F)nc2ccccc12. The summed E-state index contributed by atoms with van der Waals surface area (Å²) in [5.74, 6) is -0.864. The van der Waals surface area contributed by atoms with Crippen LogP contribution in [0.2, 0.25) is 0 Å².